The quantitative estimate of drug-likeness (QED) is 0.819. The van der Waals surface area contributed by atoms with Crippen molar-refractivity contribution < 1.29 is 4.84 Å². The Labute approximate surface area is 106 Å². The van der Waals surface area contributed by atoms with E-state index in [0.717, 1.165) is 10.5 Å². The van der Waals surface area contributed by atoms with Crippen LogP contribution in [0, 0.1) is 0 Å². The third-order valence-corrected chi connectivity index (χ3v) is 2.61. The van der Waals surface area contributed by atoms with Crippen LogP contribution in [0.4, 0.5) is 0 Å². The number of nitrogens with one attached hydrogen (secondary N) is 2. The molecule has 0 fully saturated rings. The summed E-state index contributed by atoms with van der Waals surface area (Å²) in [7, 11) is 0. The fourth-order valence-corrected chi connectivity index (χ4v) is 1.81. The van der Waals surface area contributed by atoms with Crippen LogP contribution in [0.3, 0.4) is 0 Å². The highest BCUT2D eigenvalue weighted by molar-refractivity contribution is 6.31. The van der Waals surface area contributed by atoms with Gasteiger partial charge in [-0.25, -0.2) is 0 Å². The van der Waals surface area contributed by atoms with Crippen LogP contribution >= 0.6 is 11.6 Å². The first kappa shape index (κ1) is 12.4. The number of hydrogen-bond donors (Lipinski definition) is 2. The molecule has 0 unspecified atom stereocenters. The highest BCUT2D eigenvalue weighted by atomic mass is 35.5. The Balaban J connectivity index is 2.09. The van der Waals surface area contributed by atoms with Gasteiger partial charge in [0.15, 0.2) is 0 Å². The molecule has 3 nitrogen and oxygen atoms in total. The number of aromatic amines is 1. The van der Waals surface area contributed by atoms with E-state index in [2.05, 4.69) is 10.5 Å². The zero-order chi connectivity index (χ0) is 12.5. The van der Waals surface area contributed by atoms with Crippen LogP contribution in [0.2, 0.25) is 5.02 Å². The van der Waals surface area contributed by atoms with Crippen molar-refractivity contribution in [1.29, 1.82) is 0 Å². The van der Waals surface area contributed by atoms with E-state index < -0.39 is 0 Å². The Hall–Kier alpha value is -1.03. The Morgan fingerprint density at radius 1 is 1.35 bits per heavy atom. The Morgan fingerprint density at radius 3 is 2.82 bits per heavy atom. The molecular formula is C13H17ClN2O. The molecular weight excluding hydrogens is 236 g/mol. The van der Waals surface area contributed by atoms with Crippen molar-refractivity contribution in [1.82, 2.24) is 10.5 Å². The number of hydrogen-bond acceptors (Lipinski definition) is 2. The van der Waals surface area contributed by atoms with E-state index in [-0.39, 0.29) is 5.60 Å². The maximum atomic E-state index is 5.93. The molecule has 4 heteroatoms. The summed E-state index contributed by atoms with van der Waals surface area (Å²) in [5.41, 5.74) is 5.01. The second kappa shape index (κ2) is 4.69. The smallest absolute Gasteiger partial charge is 0.0813 e. The fourth-order valence-electron chi connectivity index (χ4n) is 1.64. The van der Waals surface area contributed by atoms with E-state index in [9.17, 15) is 0 Å². The molecule has 0 bridgehead atoms. The number of fused-ring (bicyclic) bond motifs is 1. The lowest BCUT2D eigenvalue weighted by atomic mass is 10.2. The van der Waals surface area contributed by atoms with Gasteiger partial charge in [0.05, 0.1) is 5.60 Å². The molecule has 2 aromatic rings. The van der Waals surface area contributed by atoms with Crippen LogP contribution in [0.1, 0.15) is 26.3 Å². The van der Waals surface area contributed by atoms with Crippen LogP contribution in [0.15, 0.2) is 24.4 Å². The second-order valence-corrected chi connectivity index (χ2v) is 5.48. The average molecular weight is 253 g/mol. The summed E-state index contributed by atoms with van der Waals surface area (Å²) in [6.45, 7) is 6.69. The summed E-state index contributed by atoms with van der Waals surface area (Å²) < 4.78 is 0. The summed E-state index contributed by atoms with van der Waals surface area (Å²) in [6, 6.07) is 5.83. The molecule has 0 radical (unpaired) electrons. The lowest BCUT2D eigenvalue weighted by molar-refractivity contribution is -0.0756. The Bertz CT molecular complexity index is 514. The summed E-state index contributed by atoms with van der Waals surface area (Å²) in [5, 5.41) is 1.91. The van der Waals surface area contributed by atoms with Crippen molar-refractivity contribution in [3.8, 4) is 0 Å². The molecule has 1 aromatic carbocycles. The summed E-state index contributed by atoms with van der Waals surface area (Å²) >= 11 is 5.93. The van der Waals surface area contributed by atoms with Crippen molar-refractivity contribution in [3.63, 3.8) is 0 Å². The molecule has 0 aliphatic rings. The summed E-state index contributed by atoms with van der Waals surface area (Å²) in [6.07, 6.45) is 1.97. The van der Waals surface area contributed by atoms with Crippen molar-refractivity contribution in [3.05, 3.63) is 35.0 Å². The average Bonchev–Trinajstić information content (AvgIpc) is 2.59. The number of rotatable bonds is 3. The fraction of sp³-hybridized carbons (Fsp3) is 0.385. The second-order valence-electron chi connectivity index (χ2n) is 5.04. The molecule has 0 atom stereocenters. The van der Waals surface area contributed by atoms with Gasteiger partial charge >= 0.3 is 0 Å². The van der Waals surface area contributed by atoms with Gasteiger partial charge in [-0.2, -0.15) is 5.48 Å². The predicted molar refractivity (Wildman–Crippen MR) is 71.0 cm³/mol. The van der Waals surface area contributed by atoms with Gasteiger partial charge in [0, 0.05) is 28.7 Å². The van der Waals surface area contributed by atoms with Crippen molar-refractivity contribution in [2.75, 3.05) is 0 Å². The Kier molecular flexibility index (Phi) is 3.43. The van der Waals surface area contributed by atoms with Gasteiger partial charge in [-0.05, 0) is 38.5 Å². The highest BCUT2D eigenvalue weighted by Crippen LogP contribution is 2.22. The van der Waals surface area contributed by atoms with Gasteiger partial charge in [0.25, 0.3) is 0 Å². The first-order chi connectivity index (χ1) is 7.96. The first-order valence-corrected chi connectivity index (χ1v) is 6.00. The standard InChI is InChI=1S/C13H17ClN2O/c1-13(2,3)17-16-8-9-7-15-12-6-10(14)4-5-11(9)12/h4-7,15-16H,8H2,1-3H3. The van der Waals surface area contributed by atoms with Crippen molar-refractivity contribution in [2.24, 2.45) is 0 Å². The number of halogens is 1. The number of hydroxylamine groups is 1. The molecule has 0 aliphatic carbocycles. The van der Waals surface area contributed by atoms with Gasteiger partial charge in [-0.15, -0.1) is 0 Å². The van der Waals surface area contributed by atoms with E-state index in [0.29, 0.717) is 6.54 Å². The molecule has 2 N–H and O–H groups in total. The lowest BCUT2D eigenvalue weighted by Crippen LogP contribution is -2.28. The highest BCUT2D eigenvalue weighted by Gasteiger charge is 2.10. The molecule has 1 heterocycles. The van der Waals surface area contributed by atoms with Gasteiger partial charge in [0.1, 0.15) is 0 Å². The predicted octanol–water partition coefficient (Wildman–Crippen LogP) is 3.64. The molecule has 0 amide bonds. The van der Waals surface area contributed by atoms with Gasteiger partial charge in [-0.3, -0.25) is 4.84 Å². The van der Waals surface area contributed by atoms with E-state index in [1.54, 1.807) is 0 Å². The Morgan fingerprint density at radius 2 is 2.12 bits per heavy atom. The summed E-state index contributed by atoms with van der Waals surface area (Å²) in [5.74, 6) is 0. The minimum absolute atomic E-state index is 0.185. The van der Waals surface area contributed by atoms with Crippen LogP contribution in [-0.4, -0.2) is 10.6 Å². The maximum absolute atomic E-state index is 5.93. The zero-order valence-corrected chi connectivity index (χ0v) is 11.1. The maximum Gasteiger partial charge on any atom is 0.0813 e. The molecule has 17 heavy (non-hydrogen) atoms. The monoisotopic (exact) mass is 252 g/mol. The minimum Gasteiger partial charge on any atom is -0.361 e. The molecule has 0 saturated carbocycles. The van der Waals surface area contributed by atoms with Crippen LogP contribution in [0.25, 0.3) is 10.9 Å². The van der Waals surface area contributed by atoms with E-state index in [1.165, 1.54) is 10.9 Å². The molecule has 0 aliphatic heterocycles. The molecule has 0 spiro atoms. The first-order valence-electron chi connectivity index (χ1n) is 5.62. The topological polar surface area (TPSA) is 37.0 Å². The van der Waals surface area contributed by atoms with Gasteiger partial charge in [0.2, 0.25) is 0 Å². The van der Waals surface area contributed by atoms with E-state index >= 15 is 0 Å². The van der Waals surface area contributed by atoms with Crippen LogP contribution < -0.4 is 5.48 Å². The lowest BCUT2D eigenvalue weighted by Gasteiger charge is -2.19. The minimum atomic E-state index is -0.185. The van der Waals surface area contributed by atoms with E-state index in [1.807, 2.05) is 45.2 Å². The molecule has 92 valence electrons. The number of H-pyrrole nitrogens is 1. The van der Waals surface area contributed by atoms with Crippen LogP contribution in [-0.2, 0) is 11.4 Å². The number of aromatic nitrogens is 1. The third-order valence-electron chi connectivity index (χ3n) is 2.37. The third kappa shape index (κ3) is 3.22. The van der Waals surface area contributed by atoms with Gasteiger partial charge in [-0.1, -0.05) is 17.7 Å². The zero-order valence-electron chi connectivity index (χ0n) is 10.3. The van der Waals surface area contributed by atoms with Gasteiger partial charge < -0.3 is 4.98 Å². The SMILES string of the molecule is CC(C)(C)ONCc1c[nH]c2cc(Cl)ccc12. The number of benzene rings is 1. The molecule has 2 rings (SSSR count). The molecule has 0 saturated heterocycles. The van der Waals surface area contributed by atoms with E-state index in [4.69, 9.17) is 16.4 Å². The van der Waals surface area contributed by atoms with Crippen molar-refractivity contribution in [2.45, 2.75) is 32.9 Å². The summed E-state index contributed by atoms with van der Waals surface area (Å²) in [4.78, 5) is 8.68. The molecule has 1 aromatic heterocycles. The largest absolute Gasteiger partial charge is 0.361 e. The van der Waals surface area contributed by atoms with Crippen LogP contribution in [0.5, 0.6) is 0 Å². The van der Waals surface area contributed by atoms with Crippen molar-refractivity contribution >= 4 is 22.5 Å². The normalized spacial score (nSPS) is 12.2.